The lowest BCUT2D eigenvalue weighted by Gasteiger charge is -2.00. The molecular weight excluding hydrogens is 152 g/mol. The van der Waals surface area contributed by atoms with Crippen LogP contribution in [0.5, 0.6) is 0 Å². The summed E-state index contributed by atoms with van der Waals surface area (Å²) in [5.41, 5.74) is 2.41. The zero-order valence-electron chi connectivity index (χ0n) is 7.04. The minimum atomic E-state index is 0.410. The molecule has 0 unspecified atom stereocenters. The summed E-state index contributed by atoms with van der Waals surface area (Å²) in [5, 5.41) is 0. The van der Waals surface area contributed by atoms with Crippen LogP contribution in [0, 0.1) is 6.92 Å². The molecule has 0 saturated carbocycles. The number of rotatable bonds is 4. The molecule has 0 saturated heterocycles. The number of benzene rings is 1. The van der Waals surface area contributed by atoms with Crippen molar-refractivity contribution >= 4 is 6.47 Å². The van der Waals surface area contributed by atoms with E-state index in [-0.39, 0.29) is 0 Å². The molecular formula is C10H11O2. The van der Waals surface area contributed by atoms with E-state index in [0.717, 1.165) is 6.42 Å². The highest BCUT2D eigenvalue weighted by Crippen LogP contribution is 2.04. The molecule has 12 heavy (non-hydrogen) atoms. The molecule has 63 valence electrons. The molecule has 0 fully saturated rings. The van der Waals surface area contributed by atoms with Crippen molar-refractivity contribution in [3.05, 3.63) is 35.4 Å². The molecule has 2 nitrogen and oxygen atoms in total. The molecule has 2 heteroatoms. The van der Waals surface area contributed by atoms with Crippen LogP contribution >= 0.6 is 0 Å². The van der Waals surface area contributed by atoms with Gasteiger partial charge in [0.15, 0.2) is 0 Å². The lowest BCUT2D eigenvalue weighted by Crippen LogP contribution is -1.96. The van der Waals surface area contributed by atoms with E-state index >= 15 is 0 Å². The Morgan fingerprint density at radius 3 is 3.00 bits per heavy atom. The molecule has 1 aromatic carbocycles. The van der Waals surface area contributed by atoms with Crippen molar-refractivity contribution in [2.75, 3.05) is 6.61 Å². The lowest BCUT2D eigenvalue weighted by atomic mass is 10.1. The Morgan fingerprint density at radius 1 is 1.50 bits per heavy atom. The summed E-state index contributed by atoms with van der Waals surface area (Å²) in [6, 6.07) is 8.13. The average molecular weight is 163 g/mol. The molecule has 0 aromatic heterocycles. The van der Waals surface area contributed by atoms with Gasteiger partial charge in [0.1, 0.15) is 0 Å². The Morgan fingerprint density at radius 2 is 2.33 bits per heavy atom. The molecule has 1 rings (SSSR count). The summed E-state index contributed by atoms with van der Waals surface area (Å²) in [7, 11) is 0. The number of hydrogen-bond acceptors (Lipinski definition) is 2. The molecule has 1 aromatic rings. The molecule has 0 heterocycles. The number of hydrogen-bond donors (Lipinski definition) is 0. The van der Waals surface area contributed by atoms with Crippen LogP contribution in [0.25, 0.3) is 0 Å². The van der Waals surface area contributed by atoms with Crippen molar-refractivity contribution < 1.29 is 9.53 Å². The van der Waals surface area contributed by atoms with E-state index in [1.165, 1.54) is 17.6 Å². The molecule has 0 aliphatic rings. The predicted molar refractivity (Wildman–Crippen MR) is 46.5 cm³/mol. The maximum atomic E-state index is 9.71. The molecule has 0 atom stereocenters. The molecule has 0 aliphatic heterocycles. The van der Waals surface area contributed by atoms with Crippen molar-refractivity contribution in [2.24, 2.45) is 0 Å². The third-order valence-electron chi connectivity index (χ3n) is 1.63. The standard InChI is InChI=1S/C10H11O2/c1-9-3-2-4-10(7-9)5-6-12-8-11/h2-4,7H,5-6H2,1H3. The second kappa shape index (κ2) is 4.54. The van der Waals surface area contributed by atoms with Gasteiger partial charge in [-0.25, -0.2) is 4.79 Å². The van der Waals surface area contributed by atoms with E-state index < -0.39 is 0 Å². The Kier molecular flexibility index (Phi) is 3.33. The minimum Gasteiger partial charge on any atom is -0.457 e. The molecule has 0 spiro atoms. The van der Waals surface area contributed by atoms with Gasteiger partial charge in [-0.05, 0) is 12.5 Å². The third-order valence-corrected chi connectivity index (χ3v) is 1.63. The number of carbonyl (C=O) groups excluding carboxylic acids is 1. The highest BCUT2D eigenvalue weighted by molar-refractivity contribution is 5.38. The van der Waals surface area contributed by atoms with Gasteiger partial charge in [-0.2, -0.15) is 0 Å². The Hall–Kier alpha value is -1.31. The van der Waals surface area contributed by atoms with Gasteiger partial charge in [0.2, 0.25) is 0 Å². The highest BCUT2D eigenvalue weighted by Gasteiger charge is 1.92. The van der Waals surface area contributed by atoms with E-state index in [4.69, 9.17) is 0 Å². The summed E-state index contributed by atoms with van der Waals surface area (Å²) in [6.07, 6.45) is 0.761. The van der Waals surface area contributed by atoms with Crippen molar-refractivity contribution in [1.29, 1.82) is 0 Å². The maximum Gasteiger partial charge on any atom is 0.417 e. The van der Waals surface area contributed by atoms with Crippen LogP contribution in [0.4, 0.5) is 0 Å². The summed E-state index contributed by atoms with van der Waals surface area (Å²) >= 11 is 0. The monoisotopic (exact) mass is 163 g/mol. The van der Waals surface area contributed by atoms with E-state index in [9.17, 15) is 4.79 Å². The third kappa shape index (κ3) is 2.74. The predicted octanol–water partition coefficient (Wildman–Crippen LogP) is 1.62. The van der Waals surface area contributed by atoms with Crippen molar-refractivity contribution in [1.82, 2.24) is 0 Å². The van der Waals surface area contributed by atoms with Gasteiger partial charge >= 0.3 is 6.47 Å². The highest BCUT2D eigenvalue weighted by atomic mass is 16.5. The molecule has 0 bridgehead atoms. The molecule has 0 N–H and O–H groups in total. The topological polar surface area (TPSA) is 26.3 Å². The van der Waals surface area contributed by atoms with E-state index in [1.54, 1.807) is 0 Å². The van der Waals surface area contributed by atoms with Crippen LogP contribution in [0.3, 0.4) is 0 Å². The Labute approximate surface area is 72.2 Å². The zero-order chi connectivity index (χ0) is 8.81. The first-order chi connectivity index (χ1) is 5.83. The second-order valence-electron chi connectivity index (χ2n) is 2.67. The largest absolute Gasteiger partial charge is 0.457 e. The fourth-order valence-electron chi connectivity index (χ4n) is 1.08. The average Bonchev–Trinajstić information content (AvgIpc) is 2.05. The first-order valence-electron chi connectivity index (χ1n) is 3.87. The van der Waals surface area contributed by atoms with Gasteiger partial charge in [0, 0.05) is 6.42 Å². The first-order valence-corrected chi connectivity index (χ1v) is 3.87. The van der Waals surface area contributed by atoms with Crippen LogP contribution in [0.2, 0.25) is 0 Å². The van der Waals surface area contributed by atoms with Crippen LogP contribution in [0.15, 0.2) is 24.3 Å². The van der Waals surface area contributed by atoms with Gasteiger partial charge in [0.05, 0.1) is 6.61 Å². The van der Waals surface area contributed by atoms with Crippen LogP contribution in [-0.4, -0.2) is 13.1 Å². The molecule has 0 amide bonds. The van der Waals surface area contributed by atoms with Gasteiger partial charge in [-0.3, -0.25) is 0 Å². The lowest BCUT2D eigenvalue weighted by molar-refractivity contribution is 0.282. The fraction of sp³-hybridized carbons (Fsp3) is 0.300. The SMILES string of the molecule is Cc1cccc(CCO[C]=O)c1. The van der Waals surface area contributed by atoms with Gasteiger partial charge < -0.3 is 4.74 Å². The second-order valence-corrected chi connectivity index (χ2v) is 2.67. The van der Waals surface area contributed by atoms with Crippen LogP contribution in [0.1, 0.15) is 11.1 Å². The first kappa shape index (κ1) is 8.78. The van der Waals surface area contributed by atoms with Crippen LogP contribution < -0.4 is 0 Å². The van der Waals surface area contributed by atoms with Crippen LogP contribution in [-0.2, 0) is 16.0 Å². The minimum absolute atomic E-state index is 0.410. The van der Waals surface area contributed by atoms with E-state index in [2.05, 4.69) is 10.8 Å². The smallest absolute Gasteiger partial charge is 0.417 e. The molecule has 0 aliphatic carbocycles. The van der Waals surface area contributed by atoms with Gasteiger partial charge in [-0.1, -0.05) is 29.8 Å². The quantitative estimate of drug-likeness (QED) is 0.630. The molecule has 1 radical (unpaired) electrons. The van der Waals surface area contributed by atoms with Crippen molar-refractivity contribution in [3.63, 3.8) is 0 Å². The fourth-order valence-corrected chi connectivity index (χ4v) is 1.08. The van der Waals surface area contributed by atoms with Crippen molar-refractivity contribution in [2.45, 2.75) is 13.3 Å². The number of aryl methyl sites for hydroxylation is 1. The summed E-state index contributed by atoms with van der Waals surface area (Å²) in [5.74, 6) is 0. The maximum absolute atomic E-state index is 9.71. The Balaban J connectivity index is 2.46. The normalized spacial score (nSPS) is 9.42. The van der Waals surface area contributed by atoms with Gasteiger partial charge in [-0.15, -0.1) is 0 Å². The number of ether oxygens (including phenoxy) is 1. The summed E-state index contributed by atoms with van der Waals surface area (Å²) in [4.78, 5) is 9.71. The summed E-state index contributed by atoms with van der Waals surface area (Å²) in [6.45, 7) is 3.85. The van der Waals surface area contributed by atoms with E-state index in [1.807, 2.05) is 25.1 Å². The zero-order valence-corrected chi connectivity index (χ0v) is 7.04. The Bertz CT molecular complexity index is 256. The van der Waals surface area contributed by atoms with Crippen molar-refractivity contribution in [3.8, 4) is 0 Å². The van der Waals surface area contributed by atoms with E-state index in [0.29, 0.717) is 6.61 Å². The summed E-state index contributed by atoms with van der Waals surface area (Å²) < 4.78 is 4.47. The van der Waals surface area contributed by atoms with Gasteiger partial charge in [0.25, 0.3) is 0 Å².